The highest BCUT2D eigenvalue weighted by Crippen LogP contribution is 2.34. The van der Waals surface area contributed by atoms with Gasteiger partial charge in [0.1, 0.15) is 17.9 Å². The van der Waals surface area contributed by atoms with Gasteiger partial charge >= 0.3 is 0 Å². The highest BCUT2D eigenvalue weighted by molar-refractivity contribution is 5.93. The first-order chi connectivity index (χ1) is 15.6. The van der Waals surface area contributed by atoms with E-state index in [-0.39, 0.29) is 12.5 Å². The molecule has 168 valence electrons. The molecule has 1 aliphatic rings. The van der Waals surface area contributed by atoms with Crippen LogP contribution in [0.5, 0.6) is 17.2 Å². The van der Waals surface area contributed by atoms with Crippen LogP contribution in [0.2, 0.25) is 0 Å². The minimum absolute atomic E-state index is 0.0112. The first-order valence-corrected chi connectivity index (χ1v) is 10.4. The van der Waals surface area contributed by atoms with E-state index in [0.717, 1.165) is 42.8 Å². The molecule has 32 heavy (non-hydrogen) atoms. The summed E-state index contributed by atoms with van der Waals surface area (Å²) in [6.45, 7) is 3.30. The van der Waals surface area contributed by atoms with Gasteiger partial charge in [-0.2, -0.15) is 0 Å². The number of nitrogens with zero attached hydrogens (tertiary/aromatic N) is 4. The van der Waals surface area contributed by atoms with E-state index in [1.165, 1.54) is 6.33 Å². The summed E-state index contributed by atoms with van der Waals surface area (Å²) in [6, 6.07) is 11.1. The third-order valence-electron chi connectivity index (χ3n) is 5.48. The summed E-state index contributed by atoms with van der Waals surface area (Å²) in [6.07, 6.45) is 1.50. The summed E-state index contributed by atoms with van der Waals surface area (Å²) in [5.41, 5.74) is 1.57. The van der Waals surface area contributed by atoms with Crippen molar-refractivity contribution in [1.29, 1.82) is 0 Å². The first kappa shape index (κ1) is 21.6. The van der Waals surface area contributed by atoms with Crippen molar-refractivity contribution in [3.05, 3.63) is 42.7 Å². The number of hydrogen-bond acceptors (Lipinski definition) is 8. The summed E-state index contributed by atoms with van der Waals surface area (Å²) in [7, 11) is 5.24. The lowest BCUT2D eigenvalue weighted by Crippen LogP contribution is -2.48. The van der Waals surface area contributed by atoms with Crippen LogP contribution in [-0.2, 0) is 4.79 Å². The van der Waals surface area contributed by atoms with Crippen LogP contribution in [0.3, 0.4) is 0 Å². The third-order valence-corrected chi connectivity index (χ3v) is 5.48. The number of amides is 1. The quantitative estimate of drug-likeness (QED) is 0.603. The maximum Gasteiger partial charge on any atom is 0.260 e. The molecule has 0 aliphatic carbocycles. The molecule has 1 saturated heterocycles. The highest BCUT2D eigenvalue weighted by Gasteiger charge is 2.19. The Balaban J connectivity index is 1.41. The molecule has 1 aromatic heterocycles. The summed E-state index contributed by atoms with van der Waals surface area (Å²) < 4.78 is 16.4. The third kappa shape index (κ3) is 4.83. The van der Waals surface area contributed by atoms with Crippen LogP contribution >= 0.6 is 0 Å². The van der Waals surface area contributed by atoms with Gasteiger partial charge in [-0.1, -0.05) is 0 Å². The van der Waals surface area contributed by atoms with Gasteiger partial charge in [0, 0.05) is 43.3 Å². The van der Waals surface area contributed by atoms with Gasteiger partial charge in [-0.15, -0.1) is 0 Å². The second kappa shape index (κ2) is 9.69. The molecule has 0 spiro atoms. The molecule has 4 rings (SSSR count). The molecule has 0 bridgehead atoms. The monoisotopic (exact) mass is 437 g/mol. The number of carbonyl (C=O) groups excluding carboxylic acids is 1. The van der Waals surface area contributed by atoms with Gasteiger partial charge in [0.25, 0.3) is 5.91 Å². The number of hydrogen-bond donors (Lipinski definition) is 1. The zero-order valence-corrected chi connectivity index (χ0v) is 18.5. The fraction of sp³-hybridized carbons (Fsp3) is 0.348. The van der Waals surface area contributed by atoms with Crippen molar-refractivity contribution in [3.8, 4) is 17.2 Å². The van der Waals surface area contributed by atoms with Gasteiger partial charge in [-0.25, -0.2) is 9.97 Å². The maximum atomic E-state index is 12.3. The van der Waals surface area contributed by atoms with Crippen LogP contribution in [-0.4, -0.2) is 79.7 Å². The van der Waals surface area contributed by atoms with Gasteiger partial charge in [-0.3, -0.25) is 4.79 Å². The van der Waals surface area contributed by atoms with Crippen LogP contribution in [0.4, 0.5) is 11.5 Å². The van der Waals surface area contributed by atoms with Crippen molar-refractivity contribution in [1.82, 2.24) is 19.8 Å². The lowest BCUT2D eigenvalue weighted by Gasteiger charge is -2.32. The Hall–Kier alpha value is -3.59. The first-order valence-electron chi connectivity index (χ1n) is 10.4. The van der Waals surface area contributed by atoms with Crippen molar-refractivity contribution in [2.45, 2.75) is 0 Å². The Morgan fingerprint density at radius 1 is 1.00 bits per heavy atom. The number of likely N-dealkylation sites (N-methyl/N-ethyl adjacent to an activating group) is 1. The molecule has 1 fully saturated rings. The van der Waals surface area contributed by atoms with Crippen LogP contribution in [0.1, 0.15) is 0 Å². The molecule has 9 nitrogen and oxygen atoms in total. The summed E-state index contributed by atoms with van der Waals surface area (Å²) in [5, 5.41) is 4.11. The molecule has 3 aromatic rings. The summed E-state index contributed by atoms with van der Waals surface area (Å²) >= 11 is 0. The normalized spacial score (nSPS) is 14.3. The number of methoxy groups -OCH3 is 2. The second-order valence-corrected chi connectivity index (χ2v) is 7.57. The van der Waals surface area contributed by atoms with E-state index in [1.807, 2.05) is 41.3 Å². The predicted molar refractivity (Wildman–Crippen MR) is 122 cm³/mol. The molecule has 0 saturated carbocycles. The molecule has 2 heterocycles. The lowest BCUT2D eigenvalue weighted by atomic mass is 10.2. The second-order valence-electron chi connectivity index (χ2n) is 7.57. The molecule has 9 heteroatoms. The topological polar surface area (TPSA) is 89.0 Å². The maximum absolute atomic E-state index is 12.3. The van der Waals surface area contributed by atoms with E-state index in [1.54, 1.807) is 14.2 Å². The standard InChI is InChI=1S/C23H27N5O4/c1-27-8-10-28(11-9-27)22(29)14-32-17-6-4-16(5-7-17)26-23-18-12-20(30-2)21(31-3)13-19(18)24-15-25-23/h4-7,12-13,15H,8-11,14H2,1-3H3,(H,24,25,26). The lowest BCUT2D eigenvalue weighted by molar-refractivity contribution is -0.134. The van der Waals surface area contributed by atoms with Gasteiger partial charge in [0.2, 0.25) is 0 Å². The zero-order valence-electron chi connectivity index (χ0n) is 18.5. The molecular formula is C23H27N5O4. The number of fused-ring (bicyclic) bond motifs is 1. The minimum atomic E-state index is 0.0112. The molecule has 1 aliphatic heterocycles. The van der Waals surface area contributed by atoms with E-state index < -0.39 is 0 Å². The number of nitrogens with one attached hydrogen (secondary N) is 1. The fourth-order valence-electron chi connectivity index (χ4n) is 3.55. The highest BCUT2D eigenvalue weighted by atomic mass is 16.5. The predicted octanol–water partition coefficient (Wildman–Crippen LogP) is 2.54. The molecule has 0 atom stereocenters. The van der Waals surface area contributed by atoms with E-state index in [0.29, 0.717) is 23.1 Å². The van der Waals surface area contributed by atoms with Crippen molar-refractivity contribution in [2.24, 2.45) is 0 Å². The van der Waals surface area contributed by atoms with Crippen LogP contribution in [0.15, 0.2) is 42.7 Å². The Morgan fingerprint density at radius 3 is 2.38 bits per heavy atom. The number of benzene rings is 2. The Morgan fingerprint density at radius 2 is 1.69 bits per heavy atom. The fourth-order valence-corrected chi connectivity index (χ4v) is 3.55. The molecule has 1 amide bonds. The van der Waals surface area contributed by atoms with Gasteiger partial charge in [0.15, 0.2) is 18.1 Å². The van der Waals surface area contributed by atoms with Gasteiger partial charge in [0.05, 0.1) is 19.7 Å². The smallest absolute Gasteiger partial charge is 0.260 e. The minimum Gasteiger partial charge on any atom is -0.493 e. The number of ether oxygens (including phenoxy) is 3. The zero-order chi connectivity index (χ0) is 22.5. The van der Waals surface area contributed by atoms with Crippen molar-refractivity contribution in [2.75, 3.05) is 59.4 Å². The average Bonchev–Trinajstić information content (AvgIpc) is 2.83. The number of anilines is 2. The summed E-state index contributed by atoms with van der Waals surface area (Å²) in [5.74, 6) is 2.51. The van der Waals surface area contributed by atoms with E-state index in [9.17, 15) is 4.79 Å². The number of rotatable bonds is 7. The molecule has 1 N–H and O–H groups in total. The Bertz CT molecular complexity index is 1080. The van der Waals surface area contributed by atoms with Crippen LogP contribution in [0, 0.1) is 0 Å². The average molecular weight is 438 g/mol. The summed E-state index contributed by atoms with van der Waals surface area (Å²) in [4.78, 5) is 25.1. The van der Waals surface area contributed by atoms with Crippen molar-refractivity contribution >= 4 is 28.3 Å². The molecule has 2 aromatic carbocycles. The van der Waals surface area contributed by atoms with Crippen LogP contribution < -0.4 is 19.5 Å². The van der Waals surface area contributed by atoms with Gasteiger partial charge in [-0.05, 0) is 37.4 Å². The Kier molecular flexibility index (Phi) is 6.55. The van der Waals surface area contributed by atoms with E-state index in [4.69, 9.17) is 14.2 Å². The van der Waals surface area contributed by atoms with Crippen LogP contribution in [0.25, 0.3) is 10.9 Å². The SMILES string of the molecule is COc1cc2ncnc(Nc3ccc(OCC(=O)N4CCN(C)CC4)cc3)c2cc1OC. The van der Waals surface area contributed by atoms with Gasteiger partial charge < -0.3 is 29.3 Å². The molecular weight excluding hydrogens is 410 g/mol. The number of aromatic nitrogens is 2. The van der Waals surface area contributed by atoms with Crippen molar-refractivity contribution in [3.63, 3.8) is 0 Å². The van der Waals surface area contributed by atoms with Crippen molar-refractivity contribution < 1.29 is 19.0 Å². The van der Waals surface area contributed by atoms with E-state index in [2.05, 4.69) is 27.2 Å². The largest absolute Gasteiger partial charge is 0.493 e. The van der Waals surface area contributed by atoms with E-state index >= 15 is 0 Å². The Labute approximate surface area is 186 Å². The molecule has 0 radical (unpaired) electrons. The number of piperazine rings is 1. The number of carbonyl (C=O) groups is 1. The molecule has 0 unspecified atom stereocenters.